The Morgan fingerprint density at radius 3 is 2.23 bits per heavy atom. The molecule has 0 saturated heterocycles. The maximum atomic E-state index is 12.6. The number of amides is 1. The fraction of sp³-hybridized carbons (Fsp3) is 0.619. The summed E-state index contributed by atoms with van der Waals surface area (Å²) in [6.07, 6.45) is 6.09. The Bertz CT molecular complexity index is 659. The maximum absolute atomic E-state index is 12.6. The quantitative estimate of drug-likeness (QED) is 0.725. The molecule has 0 heterocycles. The molecule has 5 rings (SSSR count). The molecule has 0 unspecified atom stereocenters. The molecule has 0 aliphatic heterocycles. The van der Waals surface area contributed by atoms with E-state index in [4.69, 9.17) is 4.74 Å². The number of hydrogen-bond donors (Lipinski definition) is 1. The van der Waals surface area contributed by atoms with Crippen LogP contribution in [0.15, 0.2) is 28.7 Å². The highest BCUT2D eigenvalue weighted by atomic mass is 79.9. The van der Waals surface area contributed by atoms with Crippen molar-refractivity contribution in [3.05, 3.63) is 34.3 Å². The van der Waals surface area contributed by atoms with E-state index in [9.17, 15) is 9.59 Å². The minimum atomic E-state index is -0.238. The number of nitrogens with one attached hydrogen (secondary N) is 1. The summed E-state index contributed by atoms with van der Waals surface area (Å²) in [6.45, 7) is 1.75. The molecule has 1 aromatic rings. The number of esters is 1. The summed E-state index contributed by atoms with van der Waals surface area (Å²) in [7, 11) is 0. The Balaban J connectivity index is 1.28. The molecule has 4 fully saturated rings. The fourth-order valence-electron chi connectivity index (χ4n) is 5.66. The zero-order valence-corrected chi connectivity index (χ0v) is 16.7. The van der Waals surface area contributed by atoms with Crippen LogP contribution in [0.25, 0.3) is 0 Å². The summed E-state index contributed by atoms with van der Waals surface area (Å²) in [5, 5.41) is 2.91. The molecule has 4 nitrogen and oxygen atoms in total. The van der Waals surface area contributed by atoms with Gasteiger partial charge in [-0.2, -0.15) is 0 Å². The third-order valence-corrected chi connectivity index (χ3v) is 7.12. The molecule has 4 aliphatic carbocycles. The van der Waals surface area contributed by atoms with Gasteiger partial charge >= 0.3 is 5.97 Å². The minimum absolute atomic E-state index is 0.0273. The van der Waals surface area contributed by atoms with Gasteiger partial charge in [-0.25, -0.2) is 0 Å². The van der Waals surface area contributed by atoms with Gasteiger partial charge in [0.25, 0.3) is 5.91 Å². The Labute approximate surface area is 163 Å². The normalized spacial score (nSPS) is 32.9. The molecule has 1 aromatic carbocycles. The number of halogens is 1. The van der Waals surface area contributed by atoms with Crippen LogP contribution in [0.3, 0.4) is 0 Å². The van der Waals surface area contributed by atoms with Crippen molar-refractivity contribution in [3.8, 4) is 0 Å². The summed E-state index contributed by atoms with van der Waals surface area (Å²) < 4.78 is 6.43. The number of rotatable bonds is 5. The number of benzene rings is 1. The molecule has 0 radical (unpaired) electrons. The van der Waals surface area contributed by atoms with Gasteiger partial charge in [-0.1, -0.05) is 28.1 Å². The number of carbonyl (C=O) groups is 2. The molecule has 4 aliphatic rings. The van der Waals surface area contributed by atoms with E-state index < -0.39 is 0 Å². The van der Waals surface area contributed by atoms with Crippen LogP contribution >= 0.6 is 15.9 Å². The van der Waals surface area contributed by atoms with E-state index in [0.717, 1.165) is 21.9 Å². The van der Waals surface area contributed by atoms with Crippen molar-refractivity contribution in [3.63, 3.8) is 0 Å². The number of hydrogen-bond acceptors (Lipinski definition) is 3. The summed E-state index contributed by atoms with van der Waals surface area (Å²) in [5.74, 6) is 2.28. The molecule has 0 aromatic heterocycles. The van der Waals surface area contributed by atoms with Gasteiger partial charge in [0, 0.05) is 4.47 Å². The van der Waals surface area contributed by atoms with Crippen molar-refractivity contribution in [2.24, 2.45) is 29.6 Å². The second-order valence-electron chi connectivity index (χ2n) is 8.40. The van der Waals surface area contributed by atoms with Crippen molar-refractivity contribution in [1.82, 2.24) is 5.32 Å². The van der Waals surface area contributed by atoms with E-state index in [0.29, 0.717) is 11.8 Å². The van der Waals surface area contributed by atoms with Gasteiger partial charge in [-0.05, 0) is 80.4 Å². The molecular formula is C21H26BrNO3. The first kappa shape index (κ1) is 18.0. The summed E-state index contributed by atoms with van der Waals surface area (Å²) in [5.41, 5.74) is 1.02. The summed E-state index contributed by atoms with van der Waals surface area (Å²) >= 11 is 3.41. The Morgan fingerprint density at radius 2 is 1.65 bits per heavy atom. The van der Waals surface area contributed by atoms with Crippen LogP contribution in [-0.4, -0.2) is 18.5 Å². The molecule has 26 heavy (non-hydrogen) atoms. The molecular weight excluding hydrogens is 394 g/mol. The average Bonchev–Trinajstić information content (AvgIpc) is 2.59. The Hall–Kier alpha value is -1.36. The second-order valence-corrected chi connectivity index (χ2v) is 9.32. The van der Waals surface area contributed by atoms with Crippen molar-refractivity contribution in [2.75, 3.05) is 6.61 Å². The predicted molar refractivity (Wildman–Crippen MR) is 102 cm³/mol. The monoisotopic (exact) mass is 419 g/mol. The third kappa shape index (κ3) is 3.68. The van der Waals surface area contributed by atoms with Gasteiger partial charge in [0.1, 0.15) is 0 Å². The Kier molecular flexibility index (Phi) is 5.09. The fourth-order valence-corrected chi connectivity index (χ4v) is 5.93. The van der Waals surface area contributed by atoms with Crippen LogP contribution in [0.2, 0.25) is 0 Å². The topological polar surface area (TPSA) is 55.4 Å². The lowest BCUT2D eigenvalue weighted by atomic mass is 9.52. The lowest BCUT2D eigenvalue weighted by molar-refractivity contribution is -0.164. The highest BCUT2D eigenvalue weighted by Crippen LogP contribution is 2.56. The largest absolute Gasteiger partial charge is 0.455 e. The van der Waals surface area contributed by atoms with Gasteiger partial charge in [-0.15, -0.1) is 0 Å². The molecule has 4 saturated carbocycles. The van der Waals surface area contributed by atoms with E-state index in [-0.39, 0.29) is 30.4 Å². The zero-order chi connectivity index (χ0) is 18.3. The first-order valence-electron chi connectivity index (χ1n) is 9.71. The van der Waals surface area contributed by atoms with E-state index in [1.165, 1.54) is 32.1 Å². The molecule has 0 spiro atoms. The first-order chi connectivity index (χ1) is 12.5. The lowest BCUT2D eigenvalue weighted by Gasteiger charge is -2.53. The van der Waals surface area contributed by atoms with Crippen LogP contribution in [0, 0.1) is 29.6 Å². The molecule has 5 heteroatoms. The molecule has 1 amide bonds. The molecule has 4 bridgehead atoms. The third-order valence-electron chi connectivity index (χ3n) is 6.59. The van der Waals surface area contributed by atoms with Crippen molar-refractivity contribution in [2.45, 2.75) is 45.1 Å². The number of ether oxygens (including phenoxy) is 1. The molecule has 1 N–H and O–H groups in total. The van der Waals surface area contributed by atoms with Crippen LogP contribution in [0.1, 0.15) is 50.6 Å². The van der Waals surface area contributed by atoms with Gasteiger partial charge in [0.05, 0.1) is 12.0 Å². The molecule has 1 atom stereocenters. The van der Waals surface area contributed by atoms with Gasteiger partial charge < -0.3 is 10.1 Å². The van der Waals surface area contributed by atoms with Crippen LogP contribution in [0.4, 0.5) is 0 Å². The standard InChI is InChI=1S/C21H26BrNO3/c1-12(15-2-4-18(22)5-3-15)23-19(24)11-26-21(25)20-16-7-13-6-14(9-16)10-17(20)8-13/h2-5,12-14,16-17,20H,6-11H2,1H3,(H,23,24)/t12-,13?,14?,16?,17?,20?/m1/s1. The van der Waals surface area contributed by atoms with E-state index in [1.54, 1.807) is 0 Å². The summed E-state index contributed by atoms with van der Waals surface area (Å²) in [6, 6.07) is 7.72. The minimum Gasteiger partial charge on any atom is -0.455 e. The maximum Gasteiger partial charge on any atom is 0.310 e. The Morgan fingerprint density at radius 1 is 1.08 bits per heavy atom. The van der Waals surface area contributed by atoms with Crippen molar-refractivity contribution in [1.29, 1.82) is 0 Å². The van der Waals surface area contributed by atoms with E-state index in [2.05, 4.69) is 21.2 Å². The van der Waals surface area contributed by atoms with Gasteiger partial charge in [0.2, 0.25) is 0 Å². The predicted octanol–water partition coefficient (Wildman–Crippen LogP) is 4.24. The average molecular weight is 420 g/mol. The van der Waals surface area contributed by atoms with Crippen LogP contribution in [-0.2, 0) is 14.3 Å². The molecule has 140 valence electrons. The zero-order valence-electron chi connectivity index (χ0n) is 15.1. The first-order valence-corrected chi connectivity index (χ1v) is 10.5. The number of carbonyl (C=O) groups excluding carboxylic acids is 2. The SMILES string of the molecule is C[C@@H](NC(=O)COC(=O)C1C2CC3CC(C2)CC1C3)c1ccc(Br)cc1. The lowest BCUT2D eigenvalue weighted by Crippen LogP contribution is -2.48. The van der Waals surface area contributed by atoms with Crippen LogP contribution in [0.5, 0.6) is 0 Å². The highest BCUT2D eigenvalue weighted by molar-refractivity contribution is 9.10. The highest BCUT2D eigenvalue weighted by Gasteiger charge is 2.51. The van der Waals surface area contributed by atoms with Gasteiger partial charge in [-0.3, -0.25) is 9.59 Å². The summed E-state index contributed by atoms with van der Waals surface area (Å²) in [4.78, 5) is 24.8. The van der Waals surface area contributed by atoms with Crippen molar-refractivity contribution >= 4 is 27.8 Å². The second kappa shape index (κ2) is 7.34. The van der Waals surface area contributed by atoms with Crippen molar-refractivity contribution < 1.29 is 14.3 Å². The van der Waals surface area contributed by atoms with E-state index >= 15 is 0 Å². The van der Waals surface area contributed by atoms with E-state index in [1.807, 2.05) is 31.2 Å². The smallest absolute Gasteiger partial charge is 0.310 e. The van der Waals surface area contributed by atoms with Crippen LogP contribution < -0.4 is 5.32 Å². The van der Waals surface area contributed by atoms with Gasteiger partial charge in [0.15, 0.2) is 6.61 Å².